The van der Waals surface area contributed by atoms with Crippen molar-refractivity contribution in [3.8, 4) is 0 Å². The van der Waals surface area contributed by atoms with E-state index in [1.165, 1.54) is 0 Å². The molecule has 3 N–H and O–H groups in total. The molecule has 6 nitrogen and oxygen atoms in total. The number of rotatable bonds is 3. The average Bonchev–Trinajstić information content (AvgIpc) is 2.98. The highest BCUT2D eigenvalue weighted by Gasteiger charge is 2.14. The molecule has 0 aliphatic rings. The molecule has 0 saturated heterocycles. The molecule has 0 saturated carbocycles. The van der Waals surface area contributed by atoms with Gasteiger partial charge in [0.25, 0.3) is 11.8 Å². The number of para-hydroxylation sites is 1. The fourth-order valence-corrected chi connectivity index (χ4v) is 2.21. The Morgan fingerprint density at radius 2 is 1.86 bits per heavy atom. The van der Waals surface area contributed by atoms with Gasteiger partial charge in [0.15, 0.2) is 5.69 Å². The zero-order valence-corrected chi connectivity index (χ0v) is 11.9. The molecule has 0 spiro atoms. The lowest BCUT2D eigenvalue weighted by Gasteiger charge is -2.06. The molecule has 1 heterocycles. The highest BCUT2D eigenvalue weighted by molar-refractivity contribution is 6.11. The molecule has 0 aliphatic carbocycles. The number of nitrogens with zero attached hydrogens (tertiary/aromatic N) is 1. The van der Waals surface area contributed by atoms with Crippen molar-refractivity contribution in [2.45, 2.75) is 0 Å². The standard InChI is InChI=1S/C16H14N4O2/c1-17-15(21)10-5-4-6-11(9-10)18-16(22)14-12-7-2-3-8-13(12)19-20-14/h2-9H,1H3,(H,17,21)(H,18,22)(H,19,20). The highest BCUT2D eigenvalue weighted by atomic mass is 16.2. The van der Waals surface area contributed by atoms with E-state index in [1.54, 1.807) is 31.3 Å². The van der Waals surface area contributed by atoms with E-state index >= 15 is 0 Å². The third kappa shape index (κ3) is 2.54. The van der Waals surface area contributed by atoms with Gasteiger partial charge in [-0.1, -0.05) is 24.3 Å². The van der Waals surface area contributed by atoms with E-state index in [0.717, 1.165) is 10.9 Å². The largest absolute Gasteiger partial charge is 0.355 e. The number of amides is 2. The molecule has 0 aliphatic heterocycles. The molecule has 6 heteroatoms. The summed E-state index contributed by atoms with van der Waals surface area (Å²) < 4.78 is 0. The zero-order valence-electron chi connectivity index (χ0n) is 11.9. The summed E-state index contributed by atoms with van der Waals surface area (Å²) in [6.07, 6.45) is 0. The fourth-order valence-electron chi connectivity index (χ4n) is 2.21. The maximum absolute atomic E-state index is 12.3. The van der Waals surface area contributed by atoms with E-state index in [0.29, 0.717) is 16.9 Å². The van der Waals surface area contributed by atoms with Crippen molar-refractivity contribution < 1.29 is 9.59 Å². The van der Waals surface area contributed by atoms with Crippen LogP contribution < -0.4 is 10.6 Å². The second-order valence-corrected chi connectivity index (χ2v) is 4.73. The Morgan fingerprint density at radius 3 is 2.68 bits per heavy atom. The van der Waals surface area contributed by atoms with Gasteiger partial charge in [-0.15, -0.1) is 0 Å². The maximum atomic E-state index is 12.3. The Morgan fingerprint density at radius 1 is 1.05 bits per heavy atom. The van der Waals surface area contributed by atoms with Gasteiger partial charge in [-0.2, -0.15) is 5.10 Å². The second kappa shape index (κ2) is 5.69. The quantitative estimate of drug-likeness (QED) is 0.692. The lowest BCUT2D eigenvalue weighted by Crippen LogP contribution is -2.18. The number of anilines is 1. The second-order valence-electron chi connectivity index (χ2n) is 4.73. The molecule has 2 amide bonds. The molecule has 22 heavy (non-hydrogen) atoms. The summed E-state index contributed by atoms with van der Waals surface area (Å²) in [6.45, 7) is 0. The van der Waals surface area contributed by atoms with Crippen LogP contribution in [0, 0.1) is 0 Å². The summed E-state index contributed by atoms with van der Waals surface area (Å²) in [6, 6.07) is 14.1. The first-order valence-corrected chi connectivity index (χ1v) is 6.75. The van der Waals surface area contributed by atoms with Gasteiger partial charge >= 0.3 is 0 Å². The lowest BCUT2D eigenvalue weighted by molar-refractivity contribution is 0.0961. The van der Waals surface area contributed by atoms with Gasteiger partial charge in [0, 0.05) is 23.7 Å². The minimum atomic E-state index is -0.327. The smallest absolute Gasteiger partial charge is 0.276 e. The number of aromatic nitrogens is 2. The van der Waals surface area contributed by atoms with E-state index in [4.69, 9.17) is 0 Å². The molecule has 0 bridgehead atoms. The van der Waals surface area contributed by atoms with Gasteiger partial charge in [0.05, 0.1) is 5.52 Å². The Labute approximate surface area is 126 Å². The van der Waals surface area contributed by atoms with Gasteiger partial charge in [-0.05, 0) is 24.3 Å². The third-order valence-corrected chi connectivity index (χ3v) is 3.30. The van der Waals surface area contributed by atoms with E-state index in [2.05, 4.69) is 20.8 Å². The summed E-state index contributed by atoms with van der Waals surface area (Å²) in [4.78, 5) is 24.0. The van der Waals surface area contributed by atoms with Gasteiger partial charge in [-0.25, -0.2) is 0 Å². The summed E-state index contributed by atoms with van der Waals surface area (Å²) in [5.74, 6) is -0.534. The van der Waals surface area contributed by atoms with Gasteiger partial charge < -0.3 is 10.6 Å². The lowest BCUT2D eigenvalue weighted by atomic mass is 10.1. The van der Waals surface area contributed by atoms with Crippen LogP contribution in [0.5, 0.6) is 0 Å². The number of nitrogens with one attached hydrogen (secondary N) is 3. The normalized spacial score (nSPS) is 10.4. The van der Waals surface area contributed by atoms with Crippen molar-refractivity contribution in [1.82, 2.24) is 15.5 Å². The fraction of sp³-hybridized carbons (Fsp3) is 0.0625. The van der Waals surface area contributed by atoms with Crippen LogP contribution in [-0.4, -0.2) is 29.1 Å². The molecule has 3 rings (SSSR count). The maximum Gasteiger partial charge on any atom is 0.276 e. The van der Waals surface area contributed by atoms with E-state index < -0.39 is 0 Å². The summed E-state index contributed by atoms with van der Waals surface area (Å²) in [5.41, 5.74) is 2.14. The number of hydrogen-bond acceptors (Lipinski definition) is 3. The van der Waals surface area contributed by atoms with E-state index in [9.17, 15) is 9.59 Å². The summed E-state index contributed by atoms with van der Waals surface area (Å²) >= 11 is 0. The van der Waals surface area contributed by atoms with Gasteiger partial charge in [0.2, 0.25) is 0 Å². The first-order valence-electron chi connectivity index (χ1n) is 6.75. The van der Waals surface area contributed by atoms with E-state index in [1.807, 2.05) is 24.3 Å². The molecular formula is C16H14N4O2. The Balaban J connectivity index is 1.87. The van der Waals surface area contributed by atoms with Crippen LogP contribution >= 0.6 is 0 Å². The molecule has 0 fully saturated rings. The first-order chi connectivity index (χ1) is 10.7. The Bertz CT molecular complexity index is 854. The van der Waals surface area contributed by atoms with Crippen molar-refractivity contribution >= 4 is 28.4 Å². The van der Waals surface area contributed by atoms with Crippen LogP contribution in [0.1, 0.15) is 20.8 Å². The zero-order chi connectivity index (χ0) is 15.5. The SMILES string of the molecule is CNC(=O)c1cccc(NC(=O)c2n[nH]c3ccccc23)c1. The summed E-state index contributed by atoms with van der Waals surface area (Å²) in [7, 11) is 1.56. The molecular weight excluding hydrogens is 280 g/mol. The van der Waals surface area contributed by atoms with Crippen LogP contribution in [0.15, 0.2) is 48.5 Å². The topological polar surface area (TPSA) is 86.9 Å². The molecule has 0 atom stereocenters. The van der Waals surface area contributed by atoms with Crippen molar-refractivity contribution in [2.75, 3.05) is 12.4 Å². The molecule has 110 valence electrons. The monoisotopic (exact) mass is 294 g/mol. The number of hydrogen-bond donors (Lipinski definition) is 3. The van der Waals surface area contributed by atoms with Gasteiger partial charge in [0.1, 0.15) is 0 Å². The number of H-pyrrole nitrogens is 1. The minimum absolute atomic E-state index is 0.207. The van der Waals surface area contributed by atoms with Crippen LogP contribution in [0.3, 0.4) is 0 Å². The van der Waals surface area contributed by atoms with Gasteiger partial charge in [-0.3, -0.25) is 14.7 Å². The number of carbonyl (C=O) groups excluding carboxylic acids is 2. The minimum Gasteiger partial charge on any atom is -0.355 e. The average molecular weight is 294 g/mol. The van der Waals surface area contributed by atoms with Crippen LogP contribution in [-0.2, 0) is 0 Å². The number of carbonyl (C=O) groups is 2. The number of fused-ring (bicyclic) bond motifs is 1. The van der Waals surface area contributed by atoms with Crippen LogP contribution in [0.25, 0.3) is 10.9 Å². The molecule has 3 aromatic rings. The van der Waals surface area contributed by atoms with Crippen molar-refractivity contribution in [3.05, 3.63) is 59.8 Å². The molecule has 0 radical (unpaired) electrons. The molecule has 2 aromatic carbocycles. The molecule has 1 aromatic heterocycles. The predicted octanol–water partition coefficient (Wildman–Crippen LogP) is 2.17. The highest BCUT2D eigenvalue weighted by Crippen LogP contribution is 2.17. The number of aromatic amines is 1. The Hall–Kier alpha value is -3.15. The van der Waals surface area contributed by atoms with Crippen molar-refractivity contribution in [3.63, 3.8) is 0 Å². The third-order valence-electron chi connectivity index (χ3n) is 3.30. The van der Waals surface area contributed by atoms with Crippen molar-refractivity contribution in [2.24, 2.45) is 0 Å². The van der Waals surface area contributed by atoms with Crippen LogP contribution in [0.2, 0.25) is 0 Å². The first kappa shape index (κ1) is 13.8. The number of benzene rings is 2. The van der Waals surface area contributed by atoms with E-state index in [-0.39, 0.29) is 11.8 Å². The summed E-state index contributed by atoms with van der Waals surface area (Å²) in [5, 5.41) is 12.9. The van der Waals surface area contributed by atoms with Crippen molar-refractivity contribution in [1.29, 1.82) is 0 Å². The van der Waals surface area contributed by atoms with Crippen LogP contribution in [0.4, 0.5) is 5.69 Å². The molecule has 0 unspecified atom stereocenters. The predicted molar refractivity (Wildman–Crippen MR) is 83.9 cm³/mol. The Kier molecular flexibility index (Phi) is 3.57.